The van der Waals surface area contributed by atoms with Crippen molar-refractivity contribution in [2.24, 2.45) is 0 Å². The number of hydrogen-bond acceptors (Lipinski definition) is 4. The van der Waals surface area contributed by atoms with Crippen LogP contribution in [-0.4, -0.2) is 18.1 Å². The van der Waals surface area contributed by atoms with Crippen molar-refractivity contribution >= 4 is 5.97 Å². The van der Waals surface area contributed by atoms with Crippen molar-refractivity contribution < 1.29 is 14.3 Å². The molecule has 0 fully saturated rings. The molecule has 4 heteroatoms. The first kappa shape index (κ1) is 14.1. The fraction of sp³-hybridized carbons (Fsp3) is 0.250. The number of ether oxygens (including phenoxy) is 2. The number of rotatable bonds is 5. The molecule has 0 aliphatic heterocycles. The van der Waals surface area contributed by atoms with Crippen LogP contribution in [-0.2, 0) is 16.1 Å². The summed E-state index contributed by atoms with van der Waals surface area (Å²) in [7, 11) is 1.61. The van der Waals surface area contributed by atoms with Crippen molar-refractivity contribution in [3.05, 3.63) is 59.9 Å². The predicted molar refractivity (Wildman–Crippen MR) is 75.4 cm³/mol. The van der Waals surface area contributed by atoms with Gasteiger partial charge in [0.25, 0.3) is 0 Å². The van der Waals surface area contributed by atoms with Gasteiger partial charge in [0.2, 0.25) is 0 Å². The van der Waals surface area contributed by atoms with Crippen LogP contribution in [0, 0.1) is 0 Å². The number of benzene rings is 1. The van der Waals surface area contributed by atoms with Crippen molar-refractivity contribution in [3.63, 3.8) is 0 Å². The molecule has 0 radical (unpaired) electrons. The summed E-state index contributed by atoms with van der Waals surface area (Å²) >= 11 is 0. The van der Waals surface area contributed by atoms with Crippen molar-refractivity contribution in [3.8, 4) is 5.75 Å². The van der Waals surface area contributed by atoms with Gasteiger partial charge < -0.3 is 9.47 Å². The van der Waals surface area contributed by atoms with E-state index in [1.54, 1.807) is 20.2 Å². The summed E-state index contributed by atoms with van der Waals surface area (Å²) in [5.74, 6) is 0.135. The van der Waals surface area contributed by atoms with Gasteiger partial charge in [0.05, 0.1) is 18.7 Å². The Hall–Kier alpha value is -2.36. The minimum atomic E-state index is -0.366. The highest BCUT2D eigenvalue weighted by atomic mass is 16.5. The van der Waals surface area contributed by atoms with Gasteiger partial charge in [-0.25, -0.2) is 0 Å². The van der Waals surface area contributed by atoms with Crippen LogP contribution in [0.4, 0.5) is 0 Å². The topological polar surface area (TPSA) is 48.4 Å². The highest BCUT2D eigenvalue weighted by molar-refractivity contribution is 5.77. The van der Waals surface area contributed by atoms with Gasteiger partial charge in [-0.2, -0.15) is 0 Å². The normalized spacial score (nSPS) is 11.7. The van der Waals surface area contributed by atoms with Crippen molar-refractivity contribution in [1.82, 2.24) is 4.98 Å². The van der Waals surface area contributed by atoms with Crippen molar-refractivity contribution in [1.29, 1.82) is 0 Å². The Balaban J connectivity index is 1.91. The maximum Gasteiger partial charge on any atom is 0.315 e. The lowest BCUT2D eigenvalue weighted by molar-refractivity contribution is -0.146. The van der Waals surface area contributed by atoms with Gasteiger partial charge in [0.15, 0.2) is 0 Å². The van der Waals surface area contributed by atoms with E-state index in [1.807, 2.05) is 42.5 Å². The van der Waals surface area contributed by atoms with Crippen LogP contribution < -0.4 is 4.74 Å². The van der Waals surface area contributed by atoms with Gasteiger partial charge >= 0.3 is 5.97 Å². The van der Waals surface area contributed by atoms with E-state index in [9.17, 15) is 4.79 Å². The molecule has 0 bridgehead atoms. The van der Waals surface area contributed by atoms with Crippen LogP contribution in [0.15, 0.2) is 48.7 Å². The first-order chi connectivity index (χ1) is 9.70. The number of esters is 1. The number of carbonyl (C=O) groups is 1. The molecule has 4 nitrogen and oxygen atoms in total. The Labute approximate surface area is 118 Å². The standard InChI is InChI=1S/C16H17NO3/c1-12(15-5-3-4-10-17-15)16(18)20-11-13-6-8-14(19-2)9-7-13/h3-10,12H,11H2,1-2H3. The molecule has 104 valence electrons. The summed E-state index contributed by atoms with van der Waals surface area (Å²) in [6, 6.07) is 12.9. The van der Waals surface area contributed by atoms with E-state index >= 15 is 0 Å². The quantitative estimate of drug-likeness (QED) is 0.784. The monoisotopic (exact) mass is 271 g/mol. The third-order valence-corrected chi connectivity index (χ3v) is 3.03. The molecule has 1 unspecified atom stereocenters. The summed E-state index contributed by atoms with van der Waals surface area (Å²) in [4.78, 5) is 16.1. The molecular formula is C16H17NO3. The maximum absolute atomic E-state index is 12.0. The Morgan fingerprint density at radius 3 is 2.55 bits per heavy atom. The SMILES string of the molecule is COc1ccc(COC(=O)C(C)c2ccccn2)cc1. The molecule has 1 atom stereocenters. The van der Waals surface area contributed by atoms with E-state index in [-0.39, 0.29) is 18.5 Å². The molecule has 0 amide bonds. The fourth-order valence-corrected chi connectivity index (χ4v) is 1.75. The van der Waals surface area contributed by atoms with Gasteiger partial charge in [-0.1, -0.05) is 18.2 Å². The summed E-state index contributed by atoms with van der Waals surface area (Å²) in [6.45, 7) is 2.04. The summed E-state index contributed by atoms with van der Waals surface area (Å²) in [5, 5.41) is 0. The second-order valence-electron chi connectivity index (χ2n) is 4.43. The second-order valence-corrected chi connectivity index (χ2v) is 4.43. The van der Waals surface area contributed by atoms with Crippen LogP contribution in [0.1, 0.15) is 24.1 Å². The molecule has 1 aromatic carbocycles. The number of aromatic nitrogens is 1. The largest absolute Gasteiger partial charge is 0.497 e. The van der Waals surface area contributed by atoms with E-state index in [4.69, 9.17) is 9.47 Å². The number of methoxy groups -OCH3 is 1. The third kappa shape index (κ3) is 3.57. The molecule has 2 rings (SSSR count). The number of pyridine rings is 1. The summed E-state index contributed by atoms with van der Waals surface area (Å²) < 4.78 is 10.4. The summed E-state index contributed by atoms with van der Waals surface area (Å²) in [6.07, 6.45) is 1.67. The maximum atomic E-state index is 12.0. The lowest BCUT2D eigenvalue weighted by Gasteiger charge is -2.11. The van der Waals surface area contributed by atoms with E-state index in [0.717, 1.165) is 11.3 Å². The molecule has 0 saturated heterocycles. The summed E-state index contributed by atoms with van der Waals surface area (Å²) in [5.41, 5.74) is 1.64. The first-order valence-electron chi connectivity index (χ1n) is 6.41. The lowest BCUT2D eigenvalue weighted by atomic mass is 10.1. The number of nitrogens with zero attached hydrogens (tertiary/aromatic N) is 1. The van der Waals surface area contributed by atoms with Crippen LogP contribution in [0.25, 0.3) is 0 Å². The average Bonchev–Trinajstić information content (AvgIpc) is 2.53. The molecule has 2 aromatic rings. The Kier molecular flexibility index (Phi) is 4.71. The van der Waals surface area contributed by atoms with Crippen LogP contribution in [0.2, 0.25) is 0 Å². The van der Waals surface area contributed by atoms with E-state index in [1.165, 1.54) is 0 Å². The van der Waals surface area contributed by atoms with Crippen LogP contribution in [0.5, 0.6) is 5.75 Å². The molecular weight excluding hydrogens is 254 g/mol. The van der Waals surface area contributed by atoms with E-state index < -0.39 is 0 Å². The zero-order chi connectivity index (χ0) is 14.4. The molecule has 0 saturated carbocycles. The van der Waals surface area contributed by atoms with E-state index in [0.29, 0.717) is 5.69 Å². The minimum Gasteiger partial charge on any atom is -0.497 e. The second kappa shape index (κ2) is 6.70. The van der Waals surface area contributed by atoms with Crippen LogP contribution >= 0.6 is 0 Å². The number of carbonyl (C=O) groups excluding carboxylic acids is 1. The predicted octanol–water partition coefficient (Wildman–Crippen LogP) is 2.94. The molecule has 0 aliphatic rings. The Bertz CT molecular complexity index is 552. The van der Waals surface area contributed by atoms with Gasteiger partial charge in [-0.3, -0.25) is 9.78 Å². The van der Waals surface area contributed by atoms with Gasteiger partial charge in [-0.05, 0) is 36.8 Å². The molecule has 1 aromatic heterocycles. The minimum absolute atomic E-state index is 0.250. The van der Waals surface area contributed by atoms with Crippen LogP contribution in [0.3, 0.4) is 0 Å². The zero-order valence-corrected chi connectivity index (χ0v) is 11.6. The molecule has 0 N–H and O–H groups in total. The van der Waals surface area contributed by atoms with E-state index in [2.05, 4.69) is 4.98 Å². The highest BCUT2D eigenvalue weighted by Gasteiger charge is 2.17. The fourth-order valence-electron chi connectivity index (χ4n) is 1.75. The lowest BCUT2D eigenvalue weighted by Crippen LogP contribution is -2.14. The highest BCUT2D eigenvalue weighted by Crippen LogP contribution is 2.16. The van der Waals surface area contributed by atoms with Crippen molar-refractivity contribution in [2.45, 2.75) is 19.4 Å². The smallest absolute Gasteiger partial charge is 0.315 e. The molecule has 0 aliphatic carbocycles. The van der Waals surface area contributed by atoms with Gasteiger partial charge in [0, 0.05) is 6.20 Å². The third-order valence-electron chi connectivity index (χ3n) is 3.03. The van der Waals surface area contributed by atoms with Gasteiger partial charge in [-0.15, -0.1) is 0 Å². The Morgan fingerprint density at radius 2 is 1.95 bits per heavy atom. The molecule has 0 spiro atoms. The molecule has 20 heavy (non-hydrogen) atoms. The first-order valence-corrected chi connectivity index (χ1v) is 6.41. The van der Waals surface area contributed by atoms with Crippen molar-refractivity contribution in [2.75, 3.05) is 7.11 Å². The average molecular weight is 271 g/mol. The van der Waals surface area contributed by atoms with Gasteiger partial charge in [0.1, 0.15) is 12.4 Å². The zero-order valence-electron chi connectivity index (χ0n) is 11.6. The Morgan fingerprint density at radius 1 is 1.20 bits per heavy atom. The number of hydrogen-bond donors (Lipinski definition) is 0. The molecule has 1 heterocycles.